The van der Waals surface area contributed by atoms with E-state index in [2.05, 4.69) is 10.3 Å². The summed E-state index contributed by atoms with van der Waals surface area (Å²) in [6.07, 6.45) is 0. The number of hydrogen-bond acceptors (Lipinski definition) is 6. The SMILES string of the molecule is COc1ccccc1OCCNC(=O)COC(=O)c1cc(=O)[nH]c2ccccc12. The Kier molecular flexibility index (Phi) is 6.47. The molecular formula is C21H20N2O6. The van der Waals surface area contributed by atoms with Crippen LogP contribution in [-0.2, 0) is 9.53 Å². The summed E-state index contributed by atoms with van der Waals surface area (Å²) in [7, 11) is 1.54. The fourth-order valence-corrected chi connectivity index (χ4v) is 2.72. The van der Waals surface area contributed by atoms with Gasteiger partial charge in [0.05, 0.1) is 19.2 Å². The van der Waals surface area contributed by atoms with E-state index in [-0.39, 0.29) is 18.7 Å². The van der Waals surface area contributed by atoms with E-state index in [0.29, 0.717) is 22.4 Å². The van der Waals surface area contributed by atoms with Crippen molar-refractivity contribution >= 4 is 22.8 Å². The Labute approximate surface area is 166 Å². The minimum atomic E-state index is -0.743. The molecule has 0 fully saturated rings. The second kappa shape index (κ2) is 9.41. The number of nitrogens with one attached hydrogen (secondary N) is 2. The number of esters is 1. The number of aromatic amines is 1. The van der Waals surface area contributed by atoms with E-state index in [0.717, 1.165) is 6.07 Å². The molecule has 8 nitrogen and oxygen atoms in total. The first kappa shape index (κ1) is 19.9. The summed E-state index contributed by atoms with van der Waals surface area (Å²) in [4.78, 5) is 38.6. The lowest BCUT2D eigenvalue weighted by molar-refractivity contribution is -0.124. The van der Waals surface area contributed by atoms with Gasteiger partial charge in [-0.25, -0.2) is 4.79 Å². The van der Waals surface area contributed by atoms with Gasteiger partial charge in [0.2, 0.25) is 5.56 Å². The van der Waals surface area contributed by atoms with Crippen LogP contribution in [0.3, 0.4) is 0 Å². The van der Waals surface area contributed by atoms with Crippen LogP contribution >= 0.6 is 0 Å². The van der Waals surface area contributed by atoms with E-state index in [1.54, 1.807) is 43.5 Å². The minimum absolute atomic E-state index is 0.108. The van der Waals surface area contributed by atoms with E-state index >= 15 is 0 Å². The molecule has 0 aliphatic heterocycles. The number of H-pyrrole nitrogens is 1. The second-order valence-electron chi connectivity index (χ2n) is 6.02. The molecule has 2 N–H and O–H groups in total. The maximum atomic E-state index is 12.3. The van der Waals surface area contributed by atoms with E-state index in [9.17, 15) is 14.4 Å². The maximum absolute atomic E-state index is 12.3. The number of carbonyl (C=O) groups excluding carboxylic acids is 2. The van der Waals surface area contributed by atoms with Crippen molar-refractivity contribution in [2.24, 2.45) is 0 Å². The molecule has 0 radical (unpaired) electrons. The average Bonchev–Trinajstić information content (AvgIpc) is 2.74. The highest BCUT2D eigenvalue weighted by atomic mass is 16.5. The Bertz CT molecular complexity index is 1080. The zero-order valence-electron chi connectivity index (χ0n) is 15.8. The summed E-state index contributed by atoms with van der Waals surface area (Å²) in [6.45, 7) is -0.0181. The molecule has 0 saturated heterocycles. The molecule has 0 aliphatic rings. The highest BCUT2D eigenvalue weighted by molar-refractivity contribution is 6.03. The third-order valence-corrected chi connectivity index (χ3v) is 4.06. The van der Waals surface area contributed by atoms with Crippen LogP contribution in [0.4, 0.5) is 0 Å². The summed E-state index contributed by atoms with van der Waals surface area (Å²) in [5, 5.41) is 3.14. The molecule has 0 spiro atoms. The first-order valence-corrected chi connectivity index (χ1v) is 8.90. The number of methoxy groups -OCH3 is 1. The molecule has 0 saturated carbocycles. The van der Waals surface area contributed by atoms with Gasteiger partial charge in [-0.05, 0) is 18.2 Å². The van der Waals surface area contributed by atoms with Gasteiger partial charge >= 0.3 is 5.97 Å². The molecule has 150 valence electrons. The monoisotopic (exact) mass is 396 g/mol. The van der Waals surface area contributed by atoms with Gasteiger partial charge in [-0.3, -0.25) is 9.59 Å². The van der Waals surface area contributed by atoms with Crippen LogP contribution in [0.5, 0.6) is 11.5 Å². The first-order chi connectivity index (χ1) is 14.1. The van der Waals surface area contributed by atoms with Gasteiger partial charge < -0.3 is 24.5 Å². The summed E-state index contributed by atoms with van der Waals surface area (Å²) < 4.78 is 15.8. The van der Waals surface area contributed by atoms with Gasteiger partial charge in [0.1, 0.15) is 6.61 Å². The number of benzene rings is 2. The largest absolute Gasteiger partial charge is 0.493 e. The maximum Gasteiger partial charge on any atom is 0.339 e. The Hall–Kier alpha value is -3.81. The lowest BCUT2D eigenvalue weighted by atomic mass is 10.1. The highest BCUT2D eigenvalue weighted by Gasteiger charge is 2.14. The molecule has 1 aromatic heterocycles. The van der Waals surface area contributed by atoms with Gasteiger partial charge in [0.25, 0.3) is 5.91 Å². The number of fused-ring (bicyclic) bond motifs is 1. The predicted octanol–water partition coefficient (Wildman–Crippen LogP) is 1.89. The molecule has 0 bridgehead atoms. The molecule has 1 heterocycles. The lowest BCUT2D eigenvalue weighted by Gasteiger charge is -2.11. The molecule has 1 amide bonds. The molecule has 29 heavy (non-hydrogen) atoms. The van der Waals surface area contributed by atoms with Crippen LogP contribution in [0.1, 0.15) is 10.4 Å². The second-order valence-corrected chi connectivity index (χ2v) is 6.02. The third kappa shape index (κ3) is 5.13. The summed E-state index contributed by atoms with van der Waals surface area (Å²) >= 11 is 0. The van der Waals surface area contributed by atoms with Crippen molar-refractivity contribution in [1.82, 2.24) is 10.3 Å². The van der Waals surface area contributed by atoms with Gasteiger partial charge in [-0.15, -0.1) is 0 Å². The topological polar surface area (TPSA) is 107 Å². The van der Waals surface area contributed by atoms with Crippen molar-refractivity contribution in [2.45, 2.75) is 0 Å². The smallest absolute Gasteiger partial charge is 0.339 e. The number of carbonyl (C=O) groups is 2. The molecule has 0 unspecified atom stereocenters. The van der Waals surface area contributed by atoms with Crippen molar-refractivity contribution < 1.29 is 23.8 Å². The molecule has 0 aliphatic carbocycles. The van der Waals surface area contributed by atoms with E-state index in [1.807, 2.05) is 12.1 Å². The third-order valence-electron chi connectivity index (χ3n) is 4.06. The number of amides is 1. The quantitative estimate of drug-likeness (QED) is 0.445. The van der Waals surface area contributed by atoms with Gasteiger partial charge in [-0.1, -0.05) is 30.3 Å². The normalized spacial score (nSPS) is 10.4. The fraction of sp³-hybridized carbons (Fsp3) is 0.190. The van der Waals surface area contributed by atoms with Crippen LogP contribution in [0, 0.1) is 0 Å². The van der Waals surface area contributed by atoms with Crippen molar-refractivity contribution in [3.05, 3.63) is 70.5 Å². The first-order valence-electron chi connectivity index (χ1n) is 8.90. The summed E-state index contributed by atoms with van der Waals surface area (Å²) in [5.41, 5.74) is 0.204. The van der Waals surface area contributed by atoms with Crippen molar-refractivity contribution in [2.75, 3.05) is 26.9 Å². The van der Waals surface area contributed by atoms with Crippen molar-refractivity contribution in [1.29, 1.82) is 0 Å². The number of ether oxygens (including phenoxy) is 3. The van der Waals surface area contributed by atoms with Crippen LogP contribution < -0.4 is 20.3 Å². The van der Waals surface area contributed by atoms with Gasteiger partial charge in [0, 0.05) is 17.0 Å². The van der Waals surface area contributed by atoms with Crippen molar-refractivity contribution in [3.63, 3.8) is 0 Å². The van der Waals surface area contributed by atoms with Crippen LogP contribution in [0.15, 0.2) is 59.4 Å². The number of aromatic nitrogens is 1. The number of para-hydroxylation sites is 3. The minimum Gasteiger partial charge on any atom is -0.493 e. The Morgan fingerprint density at radius 2 is 1.76 bits per heavy atom. The Balaban J connectivity index is 1.48. The zero-order chi connectivity index (χ0) is 20.6. The van der Waals surface area contributed by atoms with E-state index in [4.69, 9.17) is 14.2 Å². The van der Waals surface area contributed by atoms with Crippen LogP contribution in [0.2, 0.25) is 0 Å². The highest BCUT2D eigenvalue weighted by Crippen LogP contribution is 2.25. The van der Waals surface area contributed by atoms with Gasteiger partial charge in [-0.2, -0.15) is 0 Å². The standard InChI is InChI=1S/C21H20N2O6/c1-27-17-8-4-5-9-18(17)28-11-10-22-20(25)13-29-21(26)15-12-19(24)23-16-7-3-2-6-14(15)16/h2-9,12H,10-11,13H2,1H3,(H,22,25)(H,23,24). The van der Waals surface area contributed by atoms with Crippen LogP contribution in [-0.4, -0.2) is 43.7 Å². The Morgan fingerprint density at radius 3 is 2.55 bits per heavy atom. The molecule has 3 aromatic rings. The molecular weight excluding hydrogens is 376 g/mol. The fourth-order valence-electron chi connectivity index (χ4n) is 2.72. The number of hydrogen-bond donors (Lipinski definition) is 2. The van der Waals surface area contributed by atoms with E-state index in [1.165, 1.54) is 0 Å². The number of rotatable bonds is 8. The Morgan fingerprint density at radius 1 is 1.03 bits per heavy atom. The molecule has 3 rings (SSSR count). The summed E-state index contributed by atoms with van der Waals surface area (Å²) in [6, 6.07) is 15.2. The average molecular weight is 396 g/mol. The zero-order valence-corrected chi connectivity index (χ0v) is 15.8. The van der Waals surface area contributed by atoms with Crippen molar-refractivity contribution in [3.8, 4) is 11.5 Å². The summed E-state index contributed by atoms with van der Waals surface area (Å²) in [5.74, 6) is -0.0569. The lowest BCUT2D eigenvalue weighted by Crippen LogP contribution is -2.32. The predicted molar refractivity (Wildman–Crippen MR) is 106 cm³/mol. The van der Waals surface area contributed by atoms with Crippen LogP contribution in [0.25, 0.3) is 10.9 Å². The van der Waals surface area contributed by atoms with Gasteiger partial charge in [0.15, 0.2) is 18.1 Å². The van der Waals surface area contributed by atoms with E-state index < -0.39 is 24.0 Å². The number of pyridine rings is 1. The molecule has 0 atom stereocenters. The molecule has 2 aromatic carbocycles. The molecule has 8 heteroatoms.